The van der Waals surface area contributed by atoms with Gasteiger partial charge in [0.25, 0.3) is 0 Å². The topological polar surface area (TPSA) is 4.93 Å². The van der Waals surface area contributed by atoms with Crippen LogP contribution in [0.3, 0.4) is 0 Å². The Morgan fingerprint density at radius 3 is 2.79 bits per heavy atom. The highest BCUT2D eigenvalue weighted by atomic mass is 14.9. The van der Waals surface area contributed by atoms with Crippen LogP contribution in [0.1, 0.15) is 24.5 Å². The summed E-state index contributed by atoms with van der Waals surface area (Å²) in [5.74, 6) is 0. The van der Waals surface area contributed by atoms with Crippen LogP contribution in [0.4, 0.5) is 0 Å². The molecule has 14 heavy (non-hydrogen) atoms. The van der Waals surface area contributed by atoms with Gasteiger partial charge in [0.2, 0.25) is 0 Å². The maximum Gasteiger partial charge on any atom is 0.0483 e. The molecule has 0 aliphatic rings. The minimum absolute atomic E-state index is 1.18. The molecule has 0 spiro atoms. The summed E-state index contributed by atoms with van der Waals surface area (Å²) in [6.45, 7) is 4.43. The van der Waals surface area contributed by atoms with Crippen molar-refractivity contribution in [2.24, 2.45) is 7.05 Å². The zero-order valence-corrected chi connectivity index (χ0v) is 9.17. The third-order valence-corrected chi connectivity index (χ3v) is 2.82. The monoisotopic (exact) mass is 187 g/mol. The largest absolute Gasteiger partial charge is 0.350 e. The Balaban J connectivity index is 2.72. The molecule has 0 fully saturated rings. The summed E-state index contributed by atoms with van der Waals surface area (Å²) >= 11 is 0. The maximum absolute atomic E-state index is 2.27. The van der Waals surface area contributed by atoms with Crippen molar-refractivity contribution in [2.75, 3.05) is 0 Å². The Labute approximate surface area is 85.4 Å². The highest BCUT2D eigenvalue weighted by Crippen LogP contribution is 2.24. The predicted octanol–water partition coefficient (Wildman–Crippen LogP) is 3.44. The van der Waals surface area contributed by atoms with Crippen LogP contribution in [0, 0.1) is 6.92 Å². The molecule has 0 radical (unpaired) electrons. The molecule has 0 saturated heterocycles. The van der Waals surface area contributed by atoms with E-state index >= 15 is 0 Å². The van der Waals surface area contributed by atoms with Crippen LogP contribution in [-0.2, 0) is 13.5 Å². The van der Waals surface area contributed by atoms with Crippen molar-refractivity contribution in [1.82, 2.24) is 4.57 Å². The number of rotatable bonds is 2. The second kappa shape index (κ2) is 3.49. The summed E-state index contributed by atoms with van der Waals surface area (Å²) < 4.78 is 2.23. The van der Waals surface area contributed by atoms with Gasteiger partial charge in [-0.1, -0.05) is 25.5 Å². The lowest BCUT2D eigenvalue weighted by atomic mass is 10.0. The highest BCUT2D eigenvalue weighted by molar-refractivity contribution is 5.87. The highest BCUT2D eigenvalue weighted by Gasteiger charge is 2.06. The first-order valence-electron chi connectivity index (χ1n) is 5.27. The van der Waals surface area contributed by atoms with E-state index in [2.05, 4.69) is 49.9 Å². The van der Waals surface area contributed by atoms with E-state index in [1.807, 2.05) is 0 Å². The first-order chi connectivity index (χ1) is 6.74. The zero-order chi connectivity index (χ0) is 10.1. The fourth-order valence-electron chi connectivity index (χ4n) is 2.19. The number of aromatic nitrogens is 1. The third kappa shape index (κ3) is 1.33. The molecule has 2 aromatic rings. The smallest absolute Gasteiger partial charge is 0.0483 e. The molecule has 0 aliphatic carbocycles. The minimum atomic E-state index is 1.18. The van der Waals surface area contributed by atoms with Crippen LogP contribution in [0.25, 0.3) is 10.9 Å². The Morgan fingerprint density at radius 1 is 1.29 bits per heavy atom. The molecule has 1 heteroatoms. The first kappa shape index (κ1) is 9.32. The second-order valence-electron chi connectivity index (χ2n) is 3.98. The van der Waals surface area contributed by atoms with E-state index in [0.29, 0.717) is 0 Å². The SMILES string of the molecule is CCCc1cn(C)c2cccc(C)c12. The van der Waals surface area contributed by atoms with E-state index in [1.165, 1.54) is 34.9 Å². The van der Waals surface area contributed by atoms with Crippen molar-refractivity contribution in [3.8, 4) is 0 Å². The van der Waals surface area contributed by atoms with E-state index in [4.69, 9.17) is 0 Å². The number of hydrogen-bond acceptors (Lipinski definition) is 0. The van der Waals surface area contributed by atoms with Gasteiger partial charge in [0, 0.05) is 24.1 Å². The molecule has 0 aliphatic heterocycles. The molecule has 1 aromatic carbocycles. The van der Waals surface area contributed by atoms with Gasteiger partial charge >= 0.3 is 0 Å². The van der Waals surface area contributed by atoms with Crippen LogP contribution in [0.5, 0.6) is 0 Å². The predicted molar refractivity (Wildman–Crippen MR) is 61.7 cm³/mol. The Morgan fingerprint density at radius 2 is 2.07 bits per heavy atom. The van der Waals surface area contributed by atoms with E-state index in [0.717, 1.165) is 0 Å². The van der Waals surface area contributed by atoms with Gasteiger partial charge in [-0.3, -0.25) is 0 Å². The number of hydrogen-bond donors (Lipinski definition) is 0. The fraction of sp³-hybridized carbons (Fsp3) is 0.385. The fourth-order valence-corrected chi connectivity index (χ4v) is 2.19. The normalized spacial score (nSPS) is 11.1. The molecule has 0 amide bonds. The van der Waals surface area contributed by atoms with Gasteiger partial charge in [-0.15, -0.1) is 0 Å². The summed E-state index contributed by atoms with van der Waals surface area (Å²) in [7, 11) is 2.13. The Hall–Kier alpha value is -1.24. The quantitative estimate of drug-likeness (QED) is 0.678. The van der Waals surface area contributed by atoms with Gasteiger partial charge in [0.15, 0.2) is 0 Å². The number of benzene rings is 1. The number of fused-ring (bicyclic) bond motifs is 1. The molecule has 0 saturated carbocycles. The molecule has 1 heterocycles. The molecule has 0 N–H and O–H groups in total. The molecular weight excluding hydrogens is 170 g/mol. The molecule has 0 atom stereocenters. The summed E-state index contributed by atoms with van der Waals surface area (Å²) in [5.41, 5.74) is 4.24. The van der Waals surface area contributed by atoms with Gasteiger partial charge in [-0.25, -0.2) is 0 Å². The maximum atomic E-state index is 2.27. The molecule has 0 unspecified atom stereocenters. The molecule has 74 valence electrons. The van der Waals surface area contributed by atoms with Crippen LogP contribution in [0.15, 0.2) is 24.4 Å². The summed E-state index contributed by atoms with van der Waals surface area (Å²) in [6.07, 6.45) is 4.66. The Bertz CT molecular complexity index is 451. The lowest BCUT2D eigenvalue weighted by Gasteiger charge is -2.00. The van der Waals surface area contributed by atoms with E-state index in [9.17, 15) is 0 Å². The molecule has 2 rings (SSSR count). The standard InChI is InChI=1S/C13H17N/c1-4-6-11-9-14(3)12-8-5-7-10(2)13(11)12/h5,7-9H,4,6H2,1-3H3. The summed E-state index contributed by atoms with van der Waals surface area (Å²) in [5, 5.41) is 1.46. The lowest BCUT2D eigenvalue weighted by Crippen LogP contribution is -1.83. The van der Waals surface area contributed by atoms with Crippen molar-refractivity contribution < 1.29 is 0 Å². The van der Waals surface area contributed by atoms with E-state index in [-0.39, 0.29) is 0 Å². The van der Waals surface area contributed by atoms with Crippen LogP contribution >= 0.6 is 0 Å². The van der Waals surface area contributed by atoms with E-state index < -0.39 is 0 Å². The van der Waals surface area contributed by atoms with Crippen LogP contribution < -0.4 is 0 Å². The average Bonchev–Trinajstić information content (AvgIpc) is 2.46. The van der Waals surface area contributed by atoms with E-state index in [1.54, 1.807) is 0 Å². The van der Waals surface area contributed by atoms with Crippen molar-refractivity contribution in [3.05, 3.63) is 35.5 Å². The van der Waals surface area contributed by atoms with Crippen LogP contribution in [0.2, 0.25) is 0 Å². The van der Waals surface area contributed by atoms with Gasteiger partial charge in [-0.2, -0.15) is 0 Å². The third-order valence-electron chi connectivity index (χ3n) is 2.82. The molecule has 0 bridgehead atoms. The van der Waals surface area contributed by atoms with Gasteiger partial charge in [0.05, 0.1) is 0 Å². The summed E-state index contributed by atoms with van der Waals surface area (Å²) in [6, 6.07) is 6.52. The van der Waals surface area contributed by atoms with Crippen LogP contribution in [-0.4, -0.2) is 4.57 Å². The molecular formula is C13H17N. The summed E-state index contributed by atoms with van der Waals surface area (Å²) in [4.78, 5) is 0. The molecule has 1 nitrogen and oxygen atoms in total. The molecule has 1 aromatic heterocycles. The first-order valence-corrected chi connectivity index (χ1v) is 5.27. The average molecular weight is 187 g/mol. The number of aryl methyl sites for hydroxylation is 3. The van der Waals surface area contributed by atoms with Gasteiger partial charge in [-0.05, 0) is 30.5 Å². The zero-order valence-electron chi connectivity index (χ0n) is 9.17. The minimum Gasteiger partial charge on any atom is -0.350 e. The van der Waals surface area contributed by atoms with Gasteiger partial charge in [0.1, 0.15) is 0 Å². The Kier molecular flexibility index (Phi) is 2.32. The van der Waals surface area contributed by atoms with Gasteiger partial charge < -0.3 is 4.57 Å². The van der Waals surface area contributed by atoms with Crippen molar-refractivity contribution in [3.63, 3.8) is 0 Å². The van der Waals surface area contributed by atoms with Crippen molar-refractivity contribution in [2.45, 2.75) is 26.7 Å². The number of nitrogens with zero attached hydrogens (tertiary/aromatic N) is 1. The lowest BCUT2D eigenvalue weighted by molar-refractivity contribution is 0.902. The van der Waals surface area contributed by atoms with Crippen molar-refractivity contribution in [1.29, 1.82) is 0 Å². The van der Waals surface area contributed by atoms with Crippen molar-refractivity contribution >= 4 is 10.9 Å². The second-order valence-corrected chi connectivity index (χ2v) is 3.98.